The van der Waals surface area contributed by atoms with Gasteiger partial charge in [-0.1, -0.05) is 42.5 Å². The van der Waals surface area contributed by atoms with Crippen molar-refractivity contribution in [1.29, 1.82) is 0 Å². The van der Waals surface area contributed by atoms with Gasteiger partial charge < -0.3 is 0 Å². The molecule has 106 valence electrons. The van der Waals surface area contributed by atoms with Gasteiger partial charge in [0, 0.05) is 0 Å². The van der Waals surface area contributed by atoms with Gasteiger partial charge in [-0.25, -0.2) is 4.98 Å². The highest BCUT2D eigenvalue weighted by atomic mass is 15.2. The number of hydrogen-bond acceptors (Lipinski definition) is 5. The van der Waals surface area contributed by atoms with Crippen LogP contribution in [0.5, 0.6) is 0 Å². The van der Waals surface area contributed by atoms with Crippen LogP contribution in [0.4, 0.5) is 23.0 Å². The minimum Gasteiger partial charge on any atom is -0.206 e. The van der Waals surface area contributed by atoms with Crippen LogP contribution in [0, 0.1) is 0 Å². The molecule has 0 saturated carbocycles. The molecule has 1 heterocycles. The van der Waals surface area contributed by atoms with E-state index in [1.165, 1.54) is 0 Å². The first-order chi connectivity index (χ1) is 10.9. The van der Waals surface area contributed by atoms with Crippen molar-refractivity contribution in [2.24, 2.45) is 20.5 Å². The molecule has 0 radical (unpaired) electrons. The zero-order valence-electron chi connectivity index (χ0n) is 11.7. The summed E-state index contributed by atoms with van der Waals surface area (Å²) in [5, 5.41) is 16.5. The summed E-state index contributed by atoms with van der Waals surface area (Å²) >= 11 is 0. The summed E-state index contributed by atoms with van der Waals surface area (Å²) in [6.45, 7) is 0. The lowest BCUT2D eigenvalue weighted by molar-refractivity contribution is 1.11. The van der Waals surface area contributed by atoms with Gasteiger partial charge in [-0.05, 0) is 36.4 Å². The standard InChI is InChI=1S/C17H13N5/c1-3-8-14(9-4-1)19-21-16-12-7-13-17(18-16)22-20-15-10-5-2-6-11-15/h1-13H/b21-19+,22-20+. The van der Waals surface area contributed by atoms with Crippen molar-refractivity contribution in [2.75, 3.05) is 0 Å². The number of nitrogens with zero attached hydrogens (tertiary/aromatic N) is 5. The van der Waals surface area contributed by atoms with Gasteiger partial charge in [0.15, 0.2) is 11.6 Å². The predicted octanol–water partition coefficient (Wildman–Crippen LogP) is 5.91. The normalized spacial score (nSPS) is 11.3. The summed E-state index contributed by atoms with van der Waals surface area (Å²) in [6, 6.07) is 24.4. The Morgan fingerprint density at radius 3 is 1.36 bits per heavy atom. The van der Waals surface area contributed by atoms with Crippen molar-refractivity contribution in [2.45, 2.75) is 0 Å². The fraction of sp³-hybridized carbons (Fsp3) is 0. The molecule has 22 heavy (non-hydrogen) atoms. The fourth-order valence-electron chi connectivity index (χ4n) is 1.73. The van der Waals surface area contributed by atoms with E-state index in [0.29, 0.717) is 11.6 Å². The fourth-order valence-corrected chi connectivity index (χ4v) is 1.73. The quantitative estimate of drug-likeness (QED) is 0.550. The Balaban J connectivity index is 1.75. The second-order valence-corrected chi connectivity index (χ2v) is 4.43. The Labute approximate surface area is 128 Å². The molecule has 1 aromatic heterocycles. The van der Waals surface area contributed by atoms with Gasteiger partial charge in [0.25, 0.3) is 0 Å². The molecule has 0 atom stereocenters. The Morgan fingerprint density at radius 1 is 0.455 bits per heavy atom. The second kappa shape index (κ2) is 6.99. The van der Waals surface area contributed by atoms with Gasteiger partial charge in [-0.3, -0.25) is 0 Å². The number of hydrogen-bond donors (Lipinski definition) is 0. The molecule has 0 N–H and O–H groups in total. The first-order valence-electron chi connectivity index (χ1n) is 6.81. The van der Waals surface area contributed by atoms with E-state index in [1.54, 1.807) is 12.1 Å². The van der Waals surface area contributed by atoms with E-state index in [-0.39, 0.29) is 0 Å². The van der Waals surface area contributed by atoms with Gasteiger partial charge in [-0.15, -0.1) is 20.5 Å². The molecule has 5 nitrogen and oxygen atoms in total. The van der Waals surface area contributed by atoms with Crippen molar-refractivity contribution in [1.82, 2.24) is 4.98 Å². The Hall–Kier alpha value is -3.21. The van der Waals surface area contributed by atoms with Crippen LogP contribution in [-0.2, 0) is 0 Å². The Kier molecular flexibility index (Phi) is 4.37. The van der Waals surface area contributed by atoms with Crippen LogP contribution in [-0.4, -0.2) is 4.98 Å². The average Bonchev–Trinajstić information content (AvgIpc) is 2.60. The van der Waals surface area contributed by atoms with Crippen molar-refractivity contribution >= 4 is 23.0 Å². The summed E-state index contributed by atoms with van der Waals surface area (Å²) in [5.74, 6) is 0.988. The zero-order chi connectivity index (χ0) is 15.0. The SMILES string of the molecule is c1ccc(/N=N/c2cccc(/N=N/c3ccccc3)n2)cc1. The summed E-state index contributed by atoms with van der Waals surface area (Å²) in [4.78, 5) is 4.28. The van der Waals surface area contributed by atoms with Gasteiger partial charge in [0.2, 0.25) is 0 Å². The van der Waals surface area contributed by atoms with E-state index in [1.807, 2.05) is 66.7 Å². The highest BCUT2D eigenvalue weighted by Gasteiger charge is 1.95. The maximum absolute atomic E-state index is 4.28. The third-order valence-corrected chi connectivity index (χ3v) is 2.77. The minimum absolute atomic E-state index is 0.494. The van der Waals surface area contributed by atoms with Gasteiger partial charge in [-0.2, -0.15) is 0 Å². The molecule has 0 saturated heterocycles. The molecule has 0 aliphatic heterocycles. The van der Waals surface area contributed by atoms with Crippen LogP contribution in [0.2, 0.25) is 0 Å². The number of azo groups is 2. The summed E-state index contributed by atoms with van der Waals surface area (Å²) in [5.41, 5.74) is 1.56. The lowest BCUT2D eigenvalue weighted by Gasteiger charge is -1.95. The van der Waals surface area contributed by atoms with Crippen molar-refractivity contribution in [3.8, 4) is 0 Å². The highest BCUT2D eigenvalue weighted by Crippen LogP contribution is 2.20. The minimum atomic E-state index is 0.494. The molecule has 0 aliphatic carbocycles. The molecule has 3 aromatic rings. The van der Waals surface area contributed by atoms with E-state index in [9.17, 15) is 0 Å². The van der Waals surface area contributed by atoms with Crippen LogP contribution in [0.25, 0.3) is 0 Å². The van der Waals surface area contributed by atoms with Crippen molar-refractivity contribution in [3.05, 3.63) is 78.9 Å². The van der Waals surface area contributed by atoms with Crippen LogP contribution < -0.4 is 0 Å². The smallest absolute Gasteiger partial charge is 0.176 e. The first-order valence-corrected chi connectivity index (χ1v) is 6.81. The molecular weight excluding hydrogens is 274 g/mol. The first kappa shape index (κ1) is 13.8. The number of pyridine rings is 1. The lowest BCUT2D eigenvalue weighted by atomic mass is 10.3. The summed E-state index contributed by atoms with van der Waals surface area (Å²) < 4.78 is 0. The largest absolute Gasteiger partial charge is 0.206 e. The van der Waals surface area contributed by atoms with Gasteiger partial charge in [0.05, 0.1) is 11.4 Å². The highest BCUT2D eigenvalue weighted by molar-refractivity contribution is 5.40. The third kappa shape index (κ3) is 3.89. The maximum Gasteiger partial charge on any atom is 0.176 e. The van der Waals surface area contributed by atoms with Crippen LogP contribution >= 0.6 is 0 Å². The molecular formula is C17H13N5. The van der Waals surface area contributed by atoms with E-state index in [0.717, 1.165) is 11.4 Å². The van der Waals surface area contributed by atoms with Crippen LogP contribution in [0.1, 0.15) is 0 Å². The zero-order valence-corrected chi connectivity index (χ0v) is 11.7. The number of aromatic nitrogens is 1. The summed E-state index contributed by atoms with van der Waals surface area (Å²) in [7, 11) is 0. The van der Waals surface area contributed by atoms with Crippen LogP contribution in [0.3, 0.4) is 0 Å². The Bertz CT molecular complexity index is 718. The molecule has 0 aliphatic rings. The lowest BCUT2D eigenvalue weighted by Crippen LogP contribution is -1.73. The molecule has 0 fully saturated rings. The van der Waals surface area contributed by atoms with E-state index in [2.05, 4.69) is 25.4 Å². The molecule has 2 aromatic carbocycles. The molecule has 0 spiro atoms. The number of benzene rings is 2. The van der Waals surface area contributed by atoms with E-state index >= 15 is 0 Å². The van der Waals surface area contributed by atoms with Gasteiger partial charge >= 0.3 is 0 Å². The maximum atomic E-state index is 4.28. The molecule has 5 heteroatoms. The monoisotopic (exact) mass is 287 g/mol. The van der Waals surface area contributed by atoms with Crippen molar-refractivity contribution < 1.29 is 0 Å². The van der Waals surface area contributed by atoms with E-state index < -0.39 is 0 Å². The molecule has 0 unspecified atom stereocenters. The van der Waals surface area contributed by atoms with Gasteiger partial charge in [0.1, 0.15) is 0 Å². The third-order valence-electron chi connectivity index (χ3n) is 2.77. The molecule has 0 bridgehead atoms. The topological polar surface area (TPSA) is 62.3 Å². The predicted molar refractivity (Wildman–Crippen MR) is 85.5 cm³/mol. The Morgan fingerprint density at radius 2 is 0.909 bits per heavy atom. The average molecular weight is 287 g/mol. The number of rotatable bonds is 4. The van der Waals surface area contributed by atoms with Crippen molar-refractivity contribution in [3.63, 3.8) is 0 Å². The second-order valence-electron chi connectivity index (χ2n) is 4.43. The summed E-state index contributed by atoms with van der Waals surface area (Å²) in [6.07, 6.45) is 0. The molecule has 3 rings (SSSR count). The van der Waals surface area contributed by atoms with Crippen LogP contribution in [0.15, 0.2) is 99.3 Å². The molecule has 0 amide bonds. The van der Waals surface area contributed by atoms with E-state index in [4.69, 9.17) is 0 Å².